The van der Waals surface area contributed by atoms with Crippen molar-refractivity contribution >= 4 is 31.6 Å². The van der Waals surface area contributed by atoms with E-state index in [-0.39, 0.29) is 0 Å². The SMILES string of the molecule is CNC.Cc1ccc[c]([Bi]([c]2cccc(C)c2)[c]2ccc(C)cc2C)c1. The zero-order chi connectivity index (χ0) is 19.1. The van der Waals surface area contributed by atoms with Crippen molar-refractivity contribution in [3.63, 3.8) is 0 Å². The molecule has 0 aliphatic heterocycles. The van der Waals surface area contributed by atoms with Gasteiger partial charge in [0.2, 0.25) is 0 Å². The van der Waals surface area contributed by atoms with E-state index in [1.54, 1.807) is 9.81 Å². The molecule has 0 radical (unpaired) electrons. The number of benzene rings is 3. The van der Waals surface area contributed by atoms with E-state index in [1.165, 1.54) is 22.3 Å². The Hall–Kier alpha value is -1.50. The summed E-state index contributed by atoms with van der Waals surface area (Å²) in [5.41, 5.74) is 5.52. The molecule has 0 unspecified atom stereocenters. The second-order valence-corrected chi connectivity index (χ2v) is 15.3. The summed E-state index contributed by atoms with van der Waals surface area (Å²) in [7, 11) is 3.75. The molecule has 0 saturated heterocycles. The summed E-state index contributed by atoms with van der Waals surface area (Å²) in [6.45, 7) is 8.85. The molecule has 26 heavy (non-hydrogen) atoms. The van der Waals surface area contributed by atoms with Crippen molar-refractivity contribution in [3.05, 3.63) is 89.0 Å². The molecule has 3 aromatic rings. The van der Waals surface area contributed by atoms with Gasteiger partial charge in [0.25, 0.3) is 0 Å². The van der Waals surface area contributed by atoms with E-state index in [4.69, 9.17) is 0 Å². The molecule has 3 rings (SSSR count). The van der Waals surface area contributed by atoms with Crippen LogP contribution in [0.1, 0.15) is 22.3 Å². The normalized spacial score (nSPS) is 10.4. The number of rotatable bonds is 3. The van der Waals surface area contributed by atoms with Crippen molar-refractivity contribution in [2.24, 2.45) is 0 Å². The van der Waals surface area contributed by atoms with Crippen LogP contribution < -0.4 is 15.1 Å². The van der Waals surface area contributed by atoms with Gasteiger partial charge in [0.05, 0.1) is 0 Å². The van der Waals surface area contributed by atoms with Crippen LogP contribution in [0.25, 0.3) is 0 Å². The van der Waals surface area contributed by atoms with Crippen molar-refractivity contribution in [1.29, 1.82) is 0 Å². The Kier molecular flexibility index (Phi) is 8.00. The van der Waals surface area contributed by atoms with Crippen LogP contribution in [-0.4, -0.2) is 35.8 Å². The maximum absolute atomic E-state index is 2.75. The molecule has 0 aromatic heterocycles. The maximum atomic E-state index is 2.75. The van der Waals surface area contributed by atoms with Gasteiger partial charge < -0.3 is 5.32 Å². The molecule has 1 N–H and O–H groups in total. The Balaban J connectivity index is 0.000000758. The van der Waals surface area contributed by atoms with E-state index in [2.05, 4.69) is 99.7 Å². The third-order valence-electron chi connectivity index (χ3n) is 4.11. The third kappa shape index (κ3) is 5.50. The second kappa shape index (κ2) is 10.00. The van der Waals surface area contributed by atoms with Crippen LogP contribution in [-0.2, 0) is 0 Å². The molecule has 0 fully saturated rings. The van der Waals surface area contributed by atoms with Crippen molar-refractivity contribution in [2.45, 2.75) is 27.7 Å². The van der Waals surface area contributed by atoms with Crippen molar-refractivity contribution < 1.29 is 0 Å². The molecule has 2 heteroatoms. The molecule has 0 aliphatic carbocycles. The average molecular weight is 541 g/mol. The third-order valence-corrected chi connectivity index (χ3v) is 14.1. The van der Waals surface area contributed by atoms with Gasteiger partial charge in [0.15, 0.2) is 0 Å². The van der Waals surface area contributed by atoms with Gasteiger partial charge in [0.1, 0.15) is 0 Å². The van der Waals surface area contributed by atoms with Gasteiger partial charge >= 0.3 is 148 Å². The van der Waals surface area contributed by atoms with Crippen LogP contribution in [0.4, 0.5) is 0 Å². The van der Waals surface area contributed by atoms with Gasteiger partial charge in [-0.05, 0) is 14.1 Å². The first kappa shape index (κ1) is 20.8. The second-order valence-electron chi connectivity index (χ2n) is 6.80. The van der Waals surface area contributed by atoms with Gasteiger partial charge in [-0.1, -0.05) is 0 Å². The Bertz CT molecular complexity index is 809. The molecule has 0 aliphatic rings. The quantitative estimate of drug-likeness (QED) is 0.503. The van der Waals surface area contributed by atoms with E-state index >= 15 is 0 Å². The van der Waals surface area contributed by atoms with E-state index in [9.17, 15) is 0 Å². The summed E-state index contributed by atoms with van der Waals surface area (Å²) in [4.78, 5) is 0. The Labute approximate surface area is 167 Å². The molecule has 0 atom stereocenters. The number of hydrogen-bond donors (Lipinski definition) is 1. The van der Waals surface area contributed by atoms with Gasteiger partial charge in [0, 0.05) is 0 Å². The summed E-state index contributed by atoms with van der Waals surface area (Å²) >= 11 is -2.22. The molecule has 0 bridgehead atoms. The Morgan fingerprint density at radius 2 is 1.08 bits per heavy atom. The molecule has 0 amide bonds. The van der Waals surface area contributed by atoms with E-state index in [0.29, 0.717) is 0 Å². The van der Waals surface area contributed by atoms with Crippen LogP contribution >= 0.6 is 0 Å². The van der Waals surface area contributed by atoms with Crippen LogP contribution in [0.3, 0.4) is 0 Å². The molecule has 136 valence electrons. The summed E-state index contributed by atoms with van der Waals surface area (Å²) < 4.78 is 4.73. The molecule has 0 heterocycles. The fraction of sp³-hybridized carbons (Fsp3) is 0.250. The molecule has 3 aromatic carbocycles. The van der Waals surface area contributed by atoms with E-state index < -0.39 is 21.8 Å². The van der Waals surface area contributed by atoms with Crippen LogP contribution in [0.2, 0.25) is 0 Å². The Morgan fingerprint density at radius 3 is 1.50 bits per heavy atom. The van der Waals surface area contributed by atoms with Crippen LogP contribution in [0.5, 0.6) is 0 Å². The standard InChI is InChI=1S/C8H9.2C7H7.C2H7N.Bi/c1-7-4-3-5-8(2)6-7;2*1-7-5-3-2-4-6-7;1-3-2;/h3-4,6H,1-2H3;2*2-3,5-6H,1H3;3H,1-2H3;. The summed E-state index contributed by atoms with van der Waals surface area (Å²) in [6, 6.07) is 25.3. The number of hydrogen-bond acceptors (Lipinski definition) is 1. The predicted octanol–water partition coefficient (Wildman–Crippen LogP) is 3.27. The number of nitrogens with one attached hydrogen (secondary N) is 1. The molecular formula is C24H30BiN. The fourth-order valence-corrected chi connectivity index (χ4v) is 13.2. The van der Waals surface area contributed by atoms with Gasteiger partial charge in [-0.3, -0.25) is 0 Å². The van der Waals surface area contributed by atoms with Gasteiger partial charge in [-0.25, -0.2) is 0 Å². The van der Waals surface area contributed by atoms with Crippen molar-refractivity contribution in [1.82, 2.24) is 5.32 Å². The first-order chi connectivity index (χ1) is 12.5. The molecule has 1 nitrogen and oxygen atoms in total. The zero-order valence-corrected chi connectivity index (χ0v) is 20.3. The average Bonchev–Trinajstić information content (AvgIpc) is 2.58. The first-order valence-electron chi connectivity index (χ1n) is 9.05. The van der Waals surface area contributed by atoms with Crippen LogP contribution in [0, 0.1) is 27.7 Å². The summed E-state index contributed by atoms with van der Waals surface area (Å²) in [5.74, 6) is 0. The summed E-state index contributed by atoms with van der Waals surface area (Å²) in [6.07, 6.45) is 0. The number of aryl methyl sites for hydroxylation is 4. The van der Waals surface area contributed by atoms with Crippen molar-refractivity contribution in [3.8, 4) is 0 Å². The van der Waals surface area contributed by atoms with Crippen molar-refractivity contribution in [2.75, 3.05) is 14.1 Å². The van der Waals surface area contributed by atoms with Gasteiger partial charge in [-0.15, -0.1) is 0 Å². The monoisotopic (exact) mass is 541 g/mol. The van der Waals surface area contributed by atoms with E-state index in [1.807, 2.05) is 14.1 Å². The Morgan fingerprint density at radius 1 is 0.615 bits per heavy atom. The van der Waals surface area contributed by atoms with Gasteiger partial charge in [-0.2, -0.15) is 0 Å². The topological polar surface area (TPSA) is 12.0 Å². The minimum atomic E-state index is -2.22. The molecule has 0 spiro atoms. The fourth-order valence-electron chi connectivity index (χ4n) is 3.02. The molecule has 0 saturated carbocycles. The molecular weight excluding hydrogens is 511 g/mol. The predicted molar refractivity (Wildman–Crippen MR) is 118 cm³/mol. The summed E-state index contributed by atoms with van der Waals surface area (Å²) in [5, 5.41) is 2.75. The van der Waals surface area contributed by atoms with Crippen LogP contribution in [0.15, 0.2) is 66.7 Å². The minimum absolute atomic E-state index is 1.35. The van der Waals surface area contributed by atoms with E-state index in [0.717, 1.165) is 0 Å². The first-order valence-corrected chi connectivity index (χ1v) is 14.3. The zero-order valence-electron chi connectivity index (χ0n) is 16.8.